The summed E-state index contributed by atoms with van der Waals surface area (Å²) < 4.78 is 5.27. The van der Waals surface area contributed by atoms with E-state index in [-0.39, 0.29) is 5.91 Å². The standard InChI is InChI=1S/C21H21N3O2/c1-14-7-6-9-18(15(14)2)23-17-11-16(12-22-13-17)21(25)24-19-8-4-5-10-20(19)26-3/h4-13,23H,1-3H3,(H,24,25). The molecule has 26 heavy (non-hydrogen) atoms. The van der Waals surface area contributed by atoms with E-state index in [9.17, 15) is 4.79 Å². The number of nitrogens with zero attached hydrogens (tertiary/aromatic N) is 1. The smallest absolute Gasteiger partial charge is 0.257 e. The second kappa shape index (κ2) is 7.70. The Bertz CT molecular complexity index is 938. The number of anilines is 3. The minimum absolute atomic E-state index is 0.244. The number of benzene rings is 2. The molecule has 0 aliphatic heterocycles. The van der Waals surface area contributed by atoms with Gasteiger partial charge in [-0.15, -0.1) is 0 Å². The molecule has 1 amide bonds. The van der Waals surface area contributed by atoms with Crippen LogP contribution < -0.4 is 15.4 Å². The molecule has 0 spiro atoms. The molecule has 1 aromatic heterocycles. The van der Waals surface area contributed by atoms with Crippen LogP contribution in [0.2, 0.25) is 0 Å². The van der Waals surface area contributed by atoms with Crippen molar-refractivity contribution in [3.63, 3.8) is 0 Å². The van der Waals surface area contributed by atoms with Gasteiger partial charge in [-0.2, -0.15) is 0 Å². The van der Waals surface area contributed by atoms with Gasteiger partial charge in [0.05, 0.1) is 30.2 Å². The third-order valence-electron chi connectivity index (χ3n) is 4.24. The SMILES string of the molecule is COc1ccccc1NC(=O)c1cncc(Nc2cccc(C)c2C)c1. The van der Waals surface area contributed by atoms with Gasteiger partial charge in [0.2, 0.25) is 0 Å². The zero-order valence-corrected chi connectivity index (χ0v) is 15.0. The van der Waals surface area contributed by atoms with E-state index in [4.69, 9.17) is 4.74 Å². The van der Waals surface area contributed by atoms with Gasteiger partial charge in [0, 0.05) is 11.9 Å². The first-order valence-corrected chi connectivity index (χ1v) is 8.31. The zero-order valence-electron chi connectivity index (χ0n) is 15.0. The second-order valence-corrected chi connectivity index (χ2v) is 5.99. The molecule has 0 bridgehead atoms. The van der Waals surface area contributed by atoms with Gasteiger partial charge in [-0.1, -0.05) is 24.3 Å². The van der Waals surface area contributed by atoms with Crippen LogP contribution in [0.15, 0.2) is 60.9 Å². The van der Waals surface area contributed by atoms with E-state index >= 15 is 0 Å². The number of aromatic nitrogens is 1. The van der Waals surface area contributed by atoms with Gasteiger partial charge in [-0.25, -0.2) is 0 Å². The number of para-hydroxylation sites is 2. The number of pyridine rings is 1. The molecule has 0 atom stereocenters. The van der Waals surface area contributed by atoms with Crippen molar-refractivity contribution in [2.45, 2.75) is 13.8 Å². The van der Waals surface area contributed by atoms with Crippen LogP contribution in [0.4, 0.5) is 17.1 Å². The molecule has 2 N–H and O–H groups in total. The van der Waals surface area contributed by atoms with Crippen molar-refractivity contribution in [3.05, 3.63) is 77.6 Å². The number of hydrogen-bond donors (Lipinski definition) is 2. The van der Waals surface area contributed by atoms with Crippen LogP contribution in [0.3, 0.4) is 0 Å². The van der Waals surface area contributed by atoms with Crippen LogP contribution >= 0.6 is 0 Å². The number of nitrogens with one attached hydrogen (secondary N) is 2. The lowest BCUT2D eigenvalue weighted by molar-refractivity contribution is 0.102. The average molecular weight is 347 g/mol. The van der Waals surface area contributed by atoms with E-state index in [1.54, 1.807) is 37.7 Å². The number of methoxy groups -OCH3 is 1. The van der Waals surface area contributed by atoms with E-state index in [1.165, 1.54) is 5.56 Å². The number of carbonyl (C=O) groups excluding carboxylic acids is 1. The monoisotopic (exact) mass is 347 g/mol. The first-order chi connectivity index (χ1) is 12.6. The predicted molar refractivity (Wildman–Crippen MR) is 104 cm³/mol. The normalized spacial score (nSPS) is 10.3. The van der Waals surface area contributed by atoms with Gasteiger partial charge in [0.1, 0.15) is 5.75 Å². The Morgan fingerprint density at radius 2 is 1.77 bits per heavy atom. The van der Waals surface area contributed by atoms with E-state index < -0.39 is 0 Å². The summed E-state index contributed by atoms with van der Waals surface area (Å²) in [7, 11) is 1.57. The van der Waals surface area contributed by atoms with Crippen molar-refractivity contribution < 1.29 is 9.53 Å². The molecule has 5 nitrogen and oxygen atoms in total. The highest BCUT2D eigenvalue weighted by molar-refractivity contribution is 6.05. The van der Waals surface area contributed by atoms with Crippen molar-refractivity contribution in [2.75, 3.05) is 17.7 Å². The van der Waals surface area contributed by atoms with Crippen LogP contribution in [0.25, 0.3) is 0 Å². The Balaban J connectivity index is 1.80. The maximum Gasteiger partial charge on any atom is 0.257 e. The van der Waals surface area contributed by atoms with Crippen molar-refractivity contribution in [3.8, 4) is 5.75 Å². The van der Waals surface area contributed by atoms with Crippen LogP contribution in [-0.2, 0) is 0 Å². The van der Waals surface area contributed by atoms with Gasteiger partial charge in [0.25, 0.3) is 5.91 Å². The number of hydrogen-bond acceptors (Lipinski definition) is 4. The highest BCUT2D eigenvalue weighted by Crippen LogP contribution is 2.25. The second-order valence-electron chi connectivity index (χ2n) is 5.99. The maximum absolute atomic E-state index is 12.6. The summed E-state index contributed by atoms with van der Waals surface area (Å²) in [5.41, 5.74) is 5.20. The fraction of sp³-hybridized carbons (Fsp3) is 0.143. The van der Waals surface area contributed by atoms with Crippen molar-refractivity contribution in [1.82, 2.24) is 4.98 Å². The Morgan fingerprint density at radius 3 is 2.58 bits per heavy atom. The van der Waals surface area contributed by atoms with Crippen molar-refractivity contribution in [2.24, 2.45) is 0 Å². The lowest BCUT2D eigenvalue weighted by atomic mass is 10.1. The number of ether oxygens (including phenoxy) is 1. The van der Waals surface area contributed by atoms with Gasteiger partial charge in [-0.3, -0.25) is 9.78 Å². The Labute approximate surface area is 153 Å². The minimum Gasteiger partial charge on any atom is -0.495 e. The lowest BCUT2D eigenvalue weighted by Crippen LogP contribution is -2.13. The van der Waals surface area contributed by atoms with Gasteiger partial charge in [-0.05, 0) is 49.2 Å². The highest BCUT2D eigenvalue weighted by atomic mass is 16.5. The molecular weight excluding hydrogens is 326 g/mol. The lowest BCUT2D eigenvalue weighted by Gasteiger charge is -2.13. The number of amides is 1. The summed E-state index contributed by atoms with van der Waals surface area (Å²) in [6.45, 7) is 4.12. The molecule has 0 saturated carbocycles. The zero-order chi connectivity index (χ0) is 18.5. The summed E-state index contributed by atoms with van der Waals surface area (Å²) >= 11 is 0. The highest BCUT2D eigenvalue weighted by Gasteiger charge is 2.11. The van der Waals surface area contributed by atoms with Gasteiger partial charge < -0.3 is 15.4 Å². The Morgan fingerprint density at radius 1 is 1.00 bits per heavy atom. The third-order valence-corrected chi connectivity index (χ3v) is 4.24. The third kappa shape index (κ3) is 3.83. The number of rotatable bonds is 5. The van der Waals surface area contributed by atoms with Crippen LogP contribution in [0.5, 0.6) is 5.75 Å². The van der Waals surface area contributed by atoms with E-state index in [1.807, 2.05) is 24.3 Å². The fourth-order valence-corrected chi connectivity index (χ4v) is 2.62. The fourth-order valence-electron chi connectivity index (χ4n) is 2.62. The number of aryl methyl sites for hydroxylation is 1. The minimum atomic E-state index is -0.244. The maximum atomic E-state index is 12.6. The molecule has 2 aromatic carbocycles. The summed E-state index contributed by atoms with van der Waals surface area (Å²) in [4.78, 5) is 16.8. The molecule has 0 saturated heterocycles. The van der Waals surface area contributed by atoms with Crippen molar-refractivity contribution in [1.29, 1.82) is 0 Å². The van der Waals surface area contributed by atoms with Crippen LogP contribution in [0, 0.1) is 13.8 Å². The van der Waals surface area contributed by atoms with E-state index in [0.717, 1.165) is 16.9 Å². The van der Waals surface area contributed by atoms with Crippen LogP contribution in [0.1, 0.15) is 21.5 Å². The average Bonchev–Trinajstić information content (AvgIpc) is 2.66. The molecular formula is C21H21N3O2. The molecule has 0 fully saturated rings. The predicted octanol–water partition coefficient (Wildman–Crippen LogP) is 4.70. The molecule has 0 radical (unpaired) electrons. The molecule has 1 heterocycles. The summed E-state index contributed by atoms with van der Waals surface area (Å²) in [5, 5.41) is 6.19. The first-order valence-electron chi connectivity index (χ1n) is 8.31. The summed E-state index contributed by atoms with van der Waals surface area (Å²) in [5.74, 6) is 0.366. The topological polar surface area (TPSA) is 63.2 Å². The van der Waals surface area contributed by atoms with Gasteiger partial charge in [0.15, 0.2) is 0 Å². The molecule has 0 unspecified atom stereocenters. The van der Waals surface area contributed by atoms with E-state index in [0.29, 0.717) is 17.0 Å². The number of carbonyl (C=O) groups is 1. The quantitative estimate of drug-likeness (QED) is 0.702. The Kier molecular flexibility index (Phi) is 5.17. The molecule has 5 heteroatoms. The first kappa shape index (κ1) is 17.5. The Hall–Kier alpha value is -3.34. The van der Waals surface area contributed by atoms with Crippen molar-refractivity contribution >= 4 is 23.0 Å². The molecule has 132 valence electrons. The molecule has 0 aliphatic rings. The van der Waals surface area contributed by atoms with Gasteiger partial charge >= 0.3 is 0 Å². The summed E-state index contributed by atoms with van der Waals surface area (Å²) in [6, 6.07) is 15.1. The largest absolute Gasteiger partial charge is 0.495 e. The van der Waals surface area contributed by atoms with Crippen LogP contribution in [-0.4, -0.2) is 18.0 Å². The molecule has 0 aliphatic carbocycles. The molecule has 3 rings (SSSR count). The molecule has 3 aromatic rings. The van der Waals surface area contributed by atoms with E-state index in [2.05, 4.69) is 35.5 Å². The summed E-state index contributed by atoms with van der Waals surface area (Å²) in [6.07, 6.45) is 3.24.